The molecule has 4 rings (SSSR count). The second-order valence-electron chi connectivity index (χ2n) is 7.17. The van der Waals surface area contributed by atoms with Crippen molar-refractivity contribution in [3.8, 4) is 22.9 Å². The number of hydrogen-bond donors (Lipinski definition) is 1. The van der Waals surface area contributed by atoms with E-state index >= 15 is 0 Å². The minimum absolute atomic E-state index is 0.0397. The SMILES string of the molecule is O=C(O)c1cc(F)c(F)cc1-c1ccc(OCc2ccccc2)nc1OCc1ccccc1. The van der Waals surface area contributed by atoms with E-state index < -0.39 is 23.2 Å². The second kappa shape index (κ2) is 9.91. The number of aromatic nitrogens is 1. The summed E-state index contributed by atoms with van der Waals surface area (Å²) in [6, 6.07) is 23.3. The minimum Gasteiger partial charge on any atom is -0.478 e. The van der Waals surface area contributed by atoms with Crippen molar-refractivity contribution in [2.75, 3.05) is 0 Å². The molecular weight excluding hydrogens is 428 g/mol. The summed E-state index contributed by atoms with van der Waals surface area (Å²) in [6.07, 6.45) is 0. The summed E-state index contributed by atoms with van der Waals surface area (Å²) in [5, 5.41) is 9.53. The minimum atomic E-state index is -1.40. The highest BCUT2D eigenvalue weighted by atomic mass is 19.2. The quantitative estimate of drug-likeness (QED) is 0.365. The van der Waals surface area contributed by atoms with Gasteiger partial charge in [0.1, 0.15) is 13.2 Å². The van der Waals surface area contributed by atoms with Crippen LogP contribution in [0.3, 0.4) is 0 Å². The van der Waals surface area contributed by atoms with Gasteiger partial charge in [0.15, 0.2) is 11.6 Å². The Kier molecular flexibility index (Phi) is 6.59. The first kappa shape index (κ1) is 22.0. The second-order valence-corrected chi connectivity index (χ2v) is 7.17. The molecule has 0 fully saturated rings. The van der Waals surface area contributed by atoms with Gasteiger partial charge in [0.25, 0.3) is 0 Å². The van der Waals surface area contributed by atoms with E-state index in [0.717, 1.165) is 17.2 Å². The molecule has 166 valence electrons. The first-order chi connectivity index (χ1) is 16.0. The normalized spacial score (nSPS) is 10.6. The van der Waals surface area contributed by atoms with Gasteiger partial charge < -0.3 is 14.6 Å². The van der Waals surface area contributed by atoms with Crippen molar-refractivity contribution in [3.63, 3.8) is 0 Å². The van der Waals surface area contributed by atoms with Crippen molar-refractivity contribution in [3.05, 3.63) is 113 Å². The number of carbonyl (C=O) groups is 1. The third kappa shape index (κ3) is 5.33. The lowest BCUT2D eigenvalue weighted by atomic mass is 10.00. The van der Waals surface area contributed by atoms with E-state index in [2.05, 4.69) is 4.98 Å². The van der Waals surface area contributed by atoms with Crippen molar-refractivity contribution < 1.29 is 28.2 Å². The lowest BCUT2D eigenvalue weighted by Gasteiger charge is -2.15. The first-order valence-corrected chi connectivity index (χ1v) is 10.1. The zero-order chi connectivity index (χ0) is 23.2. The van der Waals surface area contributed by atoms with Crippen LogP contribution in [0.5, 0.6) is 11.8 Å². The van der Waals surface area contributed by atoms with E-state index in [-0.39, 0.29) is 36.1 Å². The number of halogens is 2. The van der Waals surface area contributed by atoms with Crippen molar-refractivity contribution in [1.82, 2.24) is 4.98 Å². The predicted molar refractivity (Wildman–Crippen MR) is 118 cm³/mol. The van der Waals surface area contributed by atoms with Crippen LogP contribution < -0.4 is 9.47 Å². The molecule has 0 aliphatic rings. The zero-order valence-corrected chi connectivity index (χ0v) is 17.4. The van der Waals surface area contributed by atoms with Gasteiger partial charge in [-0.05, 0) is 29.3 Å². The van der Waals surface area contributed by atoms with Gasteiger partial charge in [-0.25, -0.2) is 13.6 Å². The van der Waals surface area contributed by atoms with E-state index in [9.17, 15) is 18.7 Å². The molecule has 0 aliphatic carbocycles. The molecule has 0 aliphatic heterocycles. The fraction of sp³-hybridized carbons (Fsp3) is 0.0769. The van der Waals surface area contributed by atoms with Gasteiger partial charge in [-0.15, -0.1) is 0 Å². The van der Waals surface area contributed by atoms with E-state index in [1.165, 1.54) is 12.1 Å². The molecule has 0 atom stereocenters. The molecule has 0 saturated carbocycles. The summed E-state index contributed by atoms with van der Waals surface area (Å²) in [5.74, 6) is -3.54. The Morgan fingerprint density at radius 2 is 1.33 bits per heavy atom. The summed E-state index contributed by atoms with van der Waals surface area (Å²) < 4.78 is 39.4. The highest BCUT2D eigenvalue weighted by molar-refractivity contribution is 5.96. The average Bonchev–Trinajstić information content (AvgIpc) is 2.84. The Balaban J connectivity index is 1.71. The Morgan fingerprint density at radius 1 is 0.758 bits per heavy atom. The molecule has 0 unspecified atom stereocenters. The predicted octanol–water partition coefficient (Wildman–Crippen LogP) is 5.88. The number of benzene rings is 3. The van der Waals surface area contributed by atoms with Crippen LogP contribution in [0.2, 0.25) is 0 Å². The third-order valence-electron chi connectivity index (χ3n) is 4.86. The summed E-state index contributed by atoms with van der Waals surface area (Å²) in [7, 11) is 0. The summed E-state index contributed by atoms with van der Waals surface area (Å²) >= 11 is 0. The van der Waals surface area contributed by atoms with Crippen molar-refractivity contribution >= 4 is 5.97 Å². The van der Waals surface area contributed by atoms with Gasteiger partial charge in [0.2, 0.25) is 11.8 Å². The van der Waals surface area contributed by atoms with E-state index in [4.69, 9.17) is 9.47 Å². The topological polar surface area (TPSA) is 68.7 Å². The summed E-state index contributed by atoms with van der Waals surface area (Å²) in [5.41, 5.74) is 1.53. The summed E-state index contributed by atoms with van der Waals surface area (Å²) in [6.45, 7) is 0.395. The van der Waals surface area contributed by atoms with Gasteiger partial charge in [-0.2, -0.15) is 4.98 Å². The molecule has 4 aromatic rings. The van der Waals surface area contributed by atoms with Gasteiger partial charge >= 0.3 is 5.97 Å². The Morgan fingerprint density at radius 3 is 1.94 bits per heavy atom. The van der Waals surface area contributed by atoms with Gasteiger partial charge in [-0.3, -0.25) is 0 Å². The number of nitrogens with zero attached hydrogens (tertiary/aromatic N) is 1. The molecule has 0 radical (unpaired) electrons. The number of pyridine rings is 1. The van der Waals surface area contributed by atoms with Crippen LogP contribution in [0.25, 0.3) is 11.1 Å². The van der Waals surface area contributed by atoms with Gasteiger partial charge in [0.05, 0.1) is 5.56 Å². The Labute approximate surface area is 188 Å². The van der Waals surface area contributed by atoms with Crippen LogP contribution in [0, 0.1) is 11.6 Å². The monoisotopic (exact) mass is 447 g/mol. The first-order valence-electron chi connectivity index (χ1n) is 10.1. The van der Waals surface area contributed by atoms with Crippen molar-refractivity contribution in [1.29, 1.82) is 0 Å². The molecule has 33 heavy (non-hydrogen) atoms. The van der Waals surface area contributed by atoms with Crippen LogP contribution in [0.15, 0.2) is 84.9 Å². The molecule has 1 aromatic heterocycles. The summed E-state index contributed by atoms with van der Waals surface area (Å²) in [4.78, 5) is 16.1. The molecule has 0 spiro atoms. The average molecular weight is 447 g/mol. The number of carboxylic acid groups (broad SMARTS) is 1. The molecule has 3 aromatic carbocycles. The third-order valence-corrected chi connectivity index (χ3v) is 4.86. The lowest BCUT2D eigenvalue weighted by molar-refractivity contribution is 0.0697. The molecule has 0 bridgehead atoms. The van der Waals surface area contributed by atoms with Gasteiger partial charge in [-0.1, -0.05) is 60.7 Å². The van der Waals surface area contributed by atoms with Crippen LogP contribution in [-0.4, -0.2) is 16.1 Å². The largest absolute Gasteiger partial charge is 0.478 e. The van der Waals surface area contributed by atoms with Crippen LogP contribution in [0.1, 0.15) is 21.5 Å². The molecule has 1 N–H and O–H groups in total. The number of hydrogen-bond acceptors (Lipinski definition) is 4. The highest BCUT2D eigenvalue weighted by Gasteiger charge is 2.21. The van der Waals surface area contributed by atoms with Gasteiger partial charge in [0, 0.05) is 17.2 Å². The fourth-order valence-electron chi connectivity index (χ4n) is 3.22. The fourth-order valence-corrected chi connectivity index (χ4v) is 3.22. The van der Waals surface area contributed by atoms with Crippen molar-refractivity contribution in [2.24, 2.45) is 0 Å². The van der Waals surface area contributed by atoms with Crippen LogP contribution >= 0.6 is 0 Å². The standard InChI is InChI=1S/C26H19F2NO4/c27-22-13-20(21(26(30)31)14-23(22)28)19-11-12-24(32-15-17-7-3-1-4-8-17)29-25(19)33-16-18-9-5-2-6-10-18/h1-14H,15-16H2,(H,30,31). The lowest BCUT2D eigenvalue weighted by Crippen LogP contribution is -2.06. The number of carboxylic acids is 1. The van der Waals surface area contributed by atoms with Crippen LogP contribution in [-0.2, 0) is 13.2 Å². The molecule has 5 nitrogen and oxygen atoms in total. The zero-order valence-electron chi connectivity index (χ0n) is 17.4. The van der Waals surface area contributed by atoms with E-state index in [0.29, 0.717) is 6.07 Å². The van der Waals surface area contributed by atoms with Crippen molar-refractivity contribution in [2.45, 2.75) is 13.2 Å². The van der Waals surface area contributed by atoms with E-state index in [1.54, 1.807) is 0 Å². The number of rotatable bonds is 8. The van der Waals surface area contributed by atoms with E-state index in [1.807, 2.05) is 60.7 Å². The van der Waals surface area contributed by atoms with Crippen LogP contribution in [0.4, 0.5) is 8.78 Å². The molecule has 7 heteroatoms. The molecule has 0 amide bonds. The maximum atomic E-state index is 14.0. The Hall–Kier alpha value is -4.26. The maximum Gasteiger partial charge on any atom is 0.336 e. The number of aromatic carboxylic acids is 1. The molecule has 1 heterocycles. The smallest absolute Gasteiger partial charge is 0.336 e. The molecule has 0 saturated heterocycles. The Bertz CT molecular complexity index is 1260. The molecular formula is C26H19F2NO4. The maximum absolute atomic E-state index is 14.0. The number of ether oxygens (including phenoxy) is 2. The highest BCUT2D eigenvalue weighted by Crippen LogP contribution is 2.35.